The molecule has 1 fully saturated rings. The summed E-state index contributed by atoms with van der Waals surface area (Å²) in [6.07, 6.45) is 3.33. The minimum absolute atomic E-state index is 0.0391. The van der Waals surface area contributed by atoms with Gasteiger partial charge in [-0.25, -0.2) is 0 Å². The first-order valence-electron chi connectivity index (χ1n) is 6.22. The molecule has 0 radical (unpaired) electrons. The van der Waals surface area contributed by atoms with E-state index in [0.717, 1.165) is 24.6 Å². The third kappa shape index (κ3) is 3.00. The Morgan fingerprint density at radius 3 is 2.60 bits per heavy atom. The molecule has 0 spiro atoms. The van der Waals surface area contributed by atoms with Gasteiger partial charge in [0.05, 0.1) is 17.9 Å². The Kier molecular flexibility index (Phi) is 3.42. The summed E-state index contributed by atoms with van der Waals surface area (Å²) in [4.78, 5) is 23.5. The monoisotopic (exact) mass is 288 g/mol. The van der Waals surface area contributed by atoms with Gasteiger partial charge in [0.15, 0.2) is 5.69 Å². The van der Waals surface area contributed by atoms with E-state index in [1.165, 1.54) is 6.20 Å². The maximum Gasteiger partial charge on any atom is 0.277 e. The van der Waals surface area contributed by atoms with Crippen LogP contribution in [0.2, 0.25) is 0 Å². The molecular formula is C13H12N4O2S. The molecule has 1 aliphatic carbocycles. The van der Waals surface area contributed by atoms with Crippen LogP contribution in [0.25, 0.3) is 0 Å². The molecule has 2 aromatic rings. The molecule has 2 N–H and O–H groups in total. The van der Waals surface area contributed by atoms with Gasteiger partial charge in [-0.05, 0) is 31.0 Å². The molecule has 1 heterocycles. The van der Waals surface area contributed by atoms with Gasteiger partial charge in [-0.2, -0.15) is 8.75 Å². The van der Waals surface area contributed by atoms with Crippen molar-refractivity contribution in [2.24, 2.45) is 5.92 Å². The van der Waals surface area contributed by atoms with Gasteiger partial charge in [-0.1, -0.05) is 6.07 Å². The highest BCUT2D eigenvalue weighted by Crippen LogP contribution is 2.30. The average Bonchev–Trinajstić information content (AvgIpc) is 3.14. The van der Waals surface area contributed by atoms with E-state index >= 15 is 0 Å². The summed E-state index contributed by atoms with van der Waals surface area (Å²) in [5.74, 6) is -0.129. The minimum atomic E-state index is -0.315. The molecular weight excluding hydrogens is 276 g/mol. The zero-order valence-corrected chi connectivity index (χ0v) is 11.3. The van der Waals surface area contributed by atoms with Gasteiger partial charge >= 0.3 is 0 Å². The highest BCUT2D eigenvalue weighted by Gasteiger charge is 2.29. The predicted octanol–water partition coefficient (Wildman–Crippen LogP) is 2.14. The number of benzene rings is 1. The second-order valence-electron chi connectivity index (χ2n) is 4.59. The van der Waals surface area contributed by atoms with Crippen LogP contribution in [0.5, 0.6) is 0 Å². The standard InChI is InChI=1S/C13H12N4O2S/c18-12(8-4-5-8)15-9-2-1-3-10(6-9)16-13(19)11-7-14-20-17-11/h1-3,6-8H,4-5H2,(H,15,18)(H,16,19). The molecule has 1 aromatic heterocycles. The zero-order valence-electron chi connectivity index (χ0n) is 10.5. The van der Waals surface area contributed by atoms with E-state index in [9.17, 15) is 9.59 Å². The summed E-state index contributed by atoms with van der Waals surface area (Å²) < 4.78 is 7.64. The number of amides is 2. The molecule has 0 unspecified atom stereocenters. The van der Waals surface area contributed by atoms with Crippen molar-refractivity contribution >= 4 is 34.9 Å². The maximum atomic E-state index is 11.8. The Bertz CT molecular complexity index is 638. The van der Waals surface area contributed by atoms with Gasteiger partial charge in [-0.3, -0.25) is 9.59 Å². The lowest BCUT2D eigenvalue weighted by atomic mass is 10.2. The van der Waals surface area contributed by atoms with Crippen LogP contribution in [-0.2, 0) is 4.79 Å². The Hall–Kier alpha value is -2.28. The number of nitrogens with one attached hydrogen (secondary N) is 2. The molecule has 7 heteroatoms. The number of rotatable bonds is 4. The minimum Gasteiger partial charge on any atom is -0.326 e. The number of anilines is 2. The Balaban J connectivity index is 1.67. The van der Waals surface area contributed by atoms with Crippen molar-refractivity contribution in [3.8, 4) is 0 Å². The van der Waals surface area contributed by atoms with Crippen LogP contribution in [-0.4, -0.2) is 20.6 Å². The first-order chi connectivity index (χ1) is 9.72. The Labute approximate surface area is 119 Å². The number of carbonyl (C=O) groups is 2. The first kappa shape index (κ1) is 12.7. The topological polar surface area (TPSA) is 84.0 Å². The molecule has 1 aromatic carbocycles. The van der Waals surface area contributed by atoms with Gasteiger partial charge < -0.3 is 10.6 Å². The highest BCUT2D eigenvalue weighted by atomic mass is 32.1. The van der Waals surface area contributed by atoms with Gasteiger partial charge in [-0.15, -0.1) is 0 Å². The van der Waals surface area contributed by atoms with E-state index in [-0.39, 0.29) is 23.4 Å². The molecule has 0 aliphatic heterocycles. The molecule has 0 saturated heterocycles. The third-order valence-electron chi connectivity index (χ3n) is 2.93. The number of nitrogens with zero attached hydrogens (tertiary/aromatic N) is 2. The summed E-state index contributed by atoms with van der Waals surface area (Å²) in [5.41, 5.74) is 1.56. The highest BCUT2D eigenvalue weighted by molar-refractivity contribution is 6.99. The van der Waals surface area contributed by atoms with Crippen LogP contribution in [0.4, 0.5) is 11.4 Å². The molecule has 102 valence electrons. The Morgan fingerprint density at radius 2 is 1.95 bits per heavy atom. The van der Waals surface area contributed by atoms with E-state index in [1.54, 1.807) is 24.3 Å². The number of aromatic nitrogens is 2. The summed E-state index contributed by atoms with van der Waals surface area (Å²) in [7, 11) is 0. The second-order valence-corrected chi connectivity index (χ2v) is 5.15. The fourth-order valence-corrected chi connectivity index (χ4v) is 2.14. The molecule has 3 rings (SSSR count). The first-order valence-corrected chi connectivity index (χ1v) is 6.95. The van der Waals surface area contributed by atoms with Gasteiger partial charge in [0.1, 0.15) is 0 Å². The normalized spacial score (nSPS) is 13.8. The average molecular weight is 288 g/mol. The fraction of sp³-hybridized carbons (Fsp3) is 0.231. The number of carbonyl (C=O) groups excluding carboxylic acids is 2. The van der Waals surface area contributed by atoms with Crippen molar-refractivity contribution in [3.63, 3.8) is 0 Å². The lowest BCUT2D eigenvalue weighted by Crippen LogP contribution is -2.14. The second kappa shape index (κ2) is 5.38. The Morgan fingerprint density at radius 1 is 1.20 bits per heavy atom. The molecule has 2 amide bonds. The van der Waals surface area contributed by atoms with E-state index < -0.39 is 0 Å². The van der Waals surface area contributed by atoms with Crippen molar-refractivity contribution in [2.75, 3.05) is 10.6 Å². The molecule has 6 nitrogen and oxygen atoms in total. The SMILES string of the molecule is O=C(Nc1cccc(NC(=O)C2CC2)c1)c1cnsn1. The molecule has 1 aliphatic rings. The van der Waals surface area contributed by atoms with E-state index in [1.807, 2.05) is 0 Å². The van der Waals surface area contributed by atoms with Crippen LogP contribution < -0.4 is 10.6 Å². The van der Waals surface area contributed by atoms with E-state index in [4.69, 9.17) is 0 Å². The largest absolute Gasteiger partial charge is 0.326 e. The predicted molar refractivity (Wildman–Crippen MR) is 75.7 cm³/mol. The summed E-state index contributed by atoms with van der Waals surface area (Å²) in [6, 6.07) is 7.04. The fourth-order valence-electron chi connectivity index (χ4n) is 1.72. The number of hydrogen-bond donors (Lipinski definition) is 2. The lowest BCUT2D eigenvalue weighted by molar-refractivity contribution is -0.117. The quantitative estimate of drug-likeness (QED) is 0.902. The molecule has 20 heavy (non-hydrogen) atoms. The summed E-state index contributed by atoms with van der Waals surface area (Å²) in [5, 5.41) is 5.55. The van der Waals surface area contributed by atoms with Crippen LogP contribution in [0.15, 0.2) is 30.5 Å². The smallest absolute Gasteiger partial charge is 0.277 e. The third-order valence-corrected chi connectivity index (χ3v) is 3.41. The molecule has 1 saturated carbocycles. The maximum absolute atomic E-state index is 11.8. The number of hydrogen-bond acceptors (Lipinski definition) is 5. The van der Waals surface area contributed by atoms with E-state index in [0.29, 0.717) is 11.4 Å². The summed E-state index contributed by atoms with van der Waals surface area (Å²) >= 11 is 0.982. The summed E-state index contributed by atoms with van der Waals surface area (Å²) in [6.45, 7) is 0. The van der Waals surface area contributed by atoms with Crippen molar-refractivity contribution in [1.29, 1.82) is 0 Å². The van der Waals surface area contributed by atoms with Crippen molar-refractivity contribution in [1.82, 2.24) is 8.75 Å². The van der Waals surface area contributed by atoms with Crippen molar-refractivity contribution < 1.29 is 9.59 Å². The van der Waals surface area contributed by atoms with Crippen LogP contribution in [0.3, 0.4) is 0 Å². The van der Waals surface area contributed by atoms with Gasteiger partial charge in [0, 0.05) is 17.3 Å². The molecule has 0 atom stereocenters. The van der Waals surface area contributed by atoms with E-state index in [2.05, 4.69) is 19.4 Å². The van der Waals surface area contributed by atoms with Gasteiger partial charge in [0.25, 0.3) is 5.91 Å². The van der Waals surface area contributed by atoms with Crippen LogP contribution >= 0.6 is 11.7 Å². The zero-order chi connectivity index (χ0) is 13.9. The van der Waals surface area contributed by atoms with Gasteiger partial charge in [0.2, 0.25) is 5.91 Å². The lowest BCUT2D eigenvalue weighted by Gasteiger charge is -2.07. The van der Waals surface area contributed by atoms with Crippen molar-refractivity contribution in [2.45, 2.75) is 12.8 Å². The van der Waals surface area contributed by atoms with Crippen LogP contribution in [0, 0.1) is 5.92 Å². The molecule has 0 bridgehead atoms. The van der Waals surface area contributed by atoms with Crippen molar-refractivity contribution in [3.05, 3.63) is 36.2 Å². The van der Waals surface area contributed by atoms with Crippen LogP contribution in [0.1, 0.15) is 23.3 Å².